The SMILES string of the molecule is CCc1cccc(CC)c1NC(=O)N(CC1CCCCC1)[C@H]1CC[C@H](c2ccccc2)CC1. The van der Waals surface area contributed by atoms with Gasteiger partial charge in [-0.15, -0.1) is 0 Å². The molecule has 0 aromatic heterocycles. The standard InChI is InChI=1S/C30H42N2O/c1-3-24-16-11-17-25(4-2)29(24)31-30(33)32(22-23-12-7-5-8-13-23)28-20-18-27(19-21-28)26-14-9-6-10-15-26/h6,9-11,14-17,23,27-28H,3-5,7-8,12-13,18-22H2,1-2H3,(H,31,33)/t27-,28-. The molecule has 2 aliphatic carbocycles. The van der Waals surface area contributed by atoms with Gasteiger partial charge >= 0.3 is 6.03 Å². The van der Waals surface area contributed by atoms with Crippen molar-refractivity contribution in [2.45, 2.75) is 96.4 Å². The Labute approximate surface area is 201 Å². The molecule has 1 N–H and O–H groups in total. The predicted octanol–water partition coefficient (Wildman–Crippen LogP) is 7.95. The van der Waals surface area contributed by atoms with Crippen molar-refractivity contribution in [1.29, 1.82) is 0 Å². The summed E-state index contributed by atoms with van der Waals surface area (Å²) in [6.07, 6.45) is 13.0. The van der Waals surface area contributed by atoms with E-state index in [-0.39, 0.29) is 6.03 Å². The molecule has 0 unspecified atom stereocenters. The zero-order chi connectivity index (χ0) is 23.0. The molecule has 2 aliphatic rings. The van der Waals surface area contributed by atoms with Gasteiger partial charge in [-0.3, -0.25) is 0 Å². The van der Waals surface area contributed by atoms with Gasteiger partial charge in [0.1, 0.15) is 0 Å². The molecular weight excluding hydrogens is 404 g/mol. The summed E-state index contributed by atoms with van der Waals surface area (Å²) in [5.74, 6) is 1.29. The lowest BCUT2D eigenvalue weighted by Crippen LogP contribution is -2.47. The number of nitrogens with zero attached hydrogens (tertiary/aromatic N) is 1. The van der Waals surface area contributed by atoms with Gasteiger partial charge in [0.05, 0.1) is 0 Å². The van der Waals surface area contributed by atoms with E-state index < -0.39 is 0 Å². The first-order chi connectivity index (χ1) is 16.2. The number of hydrogen-bond acceptors (Lipinski definition) is 1. The third-order valence-corrected chi connectivity index (χ3v) is 8.08. The van der Waals surface area contributed by atoms with Crippen LogP contribution in [0.2, 0.25) is 0 Å². The fraction of sp³-hybridized carbons (Fsp3) is 0.567. The van der Waals surface area contributed by atoms with Crippen molar-refractivity contribution in [3.8, 4) is 0 Å². The highest BCUT2D eigenvalue weighted by atomic mass is 16.2. The van der Waals surface area contributed by atoms with Crippen molar-refractivity contribution >= 4 is 11.7 Å². The van der Waals surface area contributed by atoms with Crippen LogP contribution in [-0.2, 0) is 12.8 Å². The minimum Gasteiger partial charge on any atom is -0.321 e. The number of carbonyl (C=O) groups excluding carboxylic acids is 1. The Morgan fingerprint density at radius 2 is 1.45 bits per heavy atom. The smallest absolute Gasteiger partial charge is 0.321 e. The molecule has 0 atom stereocenters. The zero-order valence-corrected chi connectivity index (χ0v) is 20.7. The van der Waals surface area contributed by atoms with Crippen LogP contribution in [-0.4, -0.2) is 23.5 Å². The molecule has 3 heteroatoms. The molecule has 2 fully saturated rings. The van der Waals surface area contributed by atoms with E-state index in [2.05, 4.69) is 72.6 Å². The summed E-state index contributed by atoms with van der Waals surface area (Å²) in [7, 11) is 0. The van der Waals surface area contributed by atoms with Crippen LogP contribution >= 0.6 is 0 Å². The maximum Gasteiger partial charge on any atom is 0.322 e. The van der Waals surface area contributed by atoms with Gasteiger partial charge in [0.2, 0.25) is 0 Å². The number of para-hydroxylation sites is 1. The van der Waals surface area contributed by atoms with Gasteiger partial charge in [-0.1, -0.05) is 81.6 Å². The first-order valence-corrected chi connectivity index (χ1v) is 13.4. The van der Waals surface area contributed by atoms with Crippen molar-refractivity contribution in [3.05, 3.63) is 65.2 Å². The van der Waals surface area contributed by atoms with E-state index in [4.69, 9.17) is 0 Å². The van der Waals surface area contributed by atoms with Crippen LogP contribution in [0.1, 0.15) is 94.2 Å². The minimum atomic E-state index is 0.124. The fourth-order valence-corrected chi connectivity index (χ4v) is 6.07. The third kappa shape index (κ3) is 5.99. The van der Waals surface area contributed by atoms with Crippen LogP contribution in [0.4, 0.5) is 10.5 Å². The number of hydrogen-bond donors (Lipinski definition) is 1. The summed E-state index contributed by atoms with van der Waals surface area (Å²) in [5, 5.41) is 3.40. The highest BCUT2D eigenvalue weighted by Gasteiger charge is 2.32. The van der Waals surface area contributed by atoms with Gasteiger partial charge < -0.3 is 10.2 Å². The molecule has 33 heavy (non-hydrogen) atoms. The molecule has 4 rings (SSSR count). The first-order valence-electron chi connectivity index (χ1n) is 13.4. The van der Waals surface area contributed by atoms with Crippen LogP contribution in [0, 0.1) is 5.92 Å². The molecule has 0 bridgehead atoms. The van der Waals surface area contributed by atoms with Crippen LogP contribution in [0.15, 0.2) is 48.5 Å². The maximum atomic E-state index is 13.8. The van der Waals surface area contributed by atoms with Crippen molar-refractivity contribution < 1.29 is 4.79 Å². The number of aryl methyl sites for hydroxylation is 2. The van der Waals surface area contributed by atoms with Crippen molar-refractivity contribution in [3.63, 3.8) is 0 Å². The highest BCUT2D eigenvalue weighted by Crippen LogP contribution is 2.36. The summed E-state index contributed by atoms with van der Waals surface area (Å²) in [5.41, 5.74) is 5.00. The highest BCUT2D eigenvalue weighted by molar-refractivity contribution is 5.91. The third-order valence-electron chi connectivity index (χ3n) is 8.08. The predicted molar refractivity (Wildman–Crippen MR) is 139 cm³/mol. The summed E-state index contributed by atoms with van der Waals surface area (Å²) < 4.78 is 0. The topological polar surface area (TPSA) is 32.3 Å². The number of nitrogens with one attached hydrogen (secondary N) is 1. The molecule has 0 saturated heterocycles. The minimum absolute atomic E-state index is 0.124. The molecule has 2 saturated carbocycles. The number of amides is 2. The first kappa shape index (κ1) is 23.9. The molecule has 0 heterocycles. The lowest BCUT2D eigenvalue weighted by Gasteiger charge is -2.39. The van der Waals surface area contributed by atoms with Gasteiger partial charge in [-0.05, 0) is 79.9 Å². The molecule has 3 nitrogen and oxygen atoms in total. The monoisotopic (exact) mass is 446 g/mol. The molecule has 2 amide bonds. The number of urea groups is 1. The van der Waals surface area contributed by atoms with E-state index in [1.54, 1.807) is 0 Å². The Kier molecular flexibility index (Phi) is 8.47. The van der Waals surface area contributed by atoms with Crippen LogP contribution < -0.4 is 5.32 Å². The van der Waals surface area contributed by atoms with Crippen LogP contribution in [0.3, 0.4) is 0 Å². The van der Waals surface area contributed by atoms with E-state index in [0.29, 0.717) is 17.9 Å². The second-order valence-electron chi connectivity index (χ2n) is 10.2. The summed E-state index contributed by atoms with van der Waals surface area (Å²) in [4.78, 5) is 16.0. The van der Waals surface area contributed by atoms with Gasteiger partial charge in [0, 0.05) is 18.3 Å². The number of benzene rings is 2. The fourth-order valence-electron chi connectivity index (χ4n) is 6.07. The summed E-state index contributed by atoms with van der Waals surface area (Å²) >= 11 is 0. The van der Waals surface area contributed by atoms with Gasteiger partial charge in [-0.2, -0.15) is 0 Å². The number of anilines is 1. The van der Waals surface area contributed by atoms with Crippen molar-refractivity contribution in [1.82, 2.24) is 4.90 Å². The maximum absolute atomic E-state index is 13.8. The van der Waals surface area contributed by atoms with Crippen molar-refractivity contribution in [2.75, 3.05) is 11.9 Å². The van der Waals surface area contributed by atoms with Gasteiger partial charge in [0.15, 0.2) is 0 Å². The van der Waals surface area contributed by atoms with E-state index in [0.717, 1.165) is 37.9 Å². The van der Waals surface area contributed by atoms with E-state index in [9.17, 15) is 4.79 Å². The van der Waals surface area contributed by atoms with E-state index in [1.807, 2.05) is 0 Å². The number of carbonyl (C=O) groups is 1. The molecule has 178 valence electrons. The molecule has 2 aromatic carbocycles. The lowest BCUT2D eigenvalue weighted by molar-refractivity contribution is 0.139. The Balaban J connectivity index is 1.50. The van der Waals surface area contributed by atoms with E-state index in [1.165, 1.54) is 61.6 Å². The van der Waals surface area contributed by atoms with Crippen LogP contribution in [0.25, 0.3) is 0 Å². The zero-order valence-electron chi connectivity index (χ0n) is 20.7. The van der Waals surface area contributed by atoms with Gasteiger partial charge in [0.25, 0.3) is 0 Å². The quantitative estimate of drug-likeness (QED) is 0.460. The van der Waals surface area contributed by atoms with Crippen LogP contribution in [0.5, 0.6) is 0 Å². The molecule has 0 spiro atoms. The molecule has 0 aliphatic heterocycles. The molecule has 2 aromatic rings. The molecular formula is C30H42N2O. The largest absolute Gasteiger partial charge is 0.322 e. The normalized spacial score (nSPS) is 21.5. The van der Waals surface area contributed by atoms with Gasteiger partial charge in [-0.25, -0.2) is 4.79 Å². The average Bonchev–Trinajstić information content (AvgIpc) is 2.88. The Hall–Kier alpha value is -2.29. The Morgan fingerprint density at radius 1 is 0.818 bits per heavy atom. The molecule has 0 radical (unpaired) electrons. The second-order valence-corrected chi connectivity index (χ2v) is 10.2. The summed E-state index contributed by atoms with van der Waals surface area (Å²) in [6, 6.07) is 17.9. The second kappa shape index (κ2) is 11.7. The summed E-state index contributed by atoms with van der Waals surface area (Å²) in [6.45, 7) is 5.27. The van der Waals surface area contributed by atoms with E-state index >= 15 is 0 Å². The van der Waals surface area contributed by atoms with Crippen molar-refractivity contribution in [2.24, 2.45) is 5.92 Å². The average molecular weight is 447 g/mol. The Morgan fingerprint density at radius 3 is 2.06 bits per heavy atom. The lowest BCUT2D eigenvalue weighted by atomic mass is 9.80. The number of rotatable bonds is 7. The Bertz CT molecular complexity index is 857.